The summed E-state index contributed by atoms with van der Waals surface area (Å²) in [4.78, 5) is 93.8. The van der Waals surface area contributed by atoms with Crippen molar-refractivity contribution < 1.29 is 63.1 Å². The molecule has 0 aliphatic rings. The van der Waals surface area contributed by atoms with Gasteiger partial charge in [-0.15, -0.1) is 0 Å². The molecule has 0 unspecified atom stereocenters. The van der Waals surface area contributed by atoms with Crippen LogP contribution in [-0.4, -0.2) is 119 Å². The van der Waals surface area contributed by atoms with Gasteiger partial charge in [-0.3, -0.25) is 28.8 Å². The van der Waals surface area contributed by atoms with Crippen LogP contribution in [0.5, 0.6) is 0 Å². The van der Waals surface area contributed by atoms with Crippen molar-refractivity contribution in [3.05, 3.63) is 0 Å². The Labute approximate surface area is 578 Å². The minimum absolute atomic E-state index is 0.0311. The highest BCUT2D eigenvalue weighted by Gasteiger charge is 2.33. The van der Waals surface area contributed by atoms with E-state index in [1.807, 2.05) is 0 Å². The fourth-order valence-corrected chi connectivity index (χ4v) is 13.1. The molecule has 6 N–H and O–H groups in total. The summed E-state index contributed by atoms with van der Waals surface area (Å²) in [5.41, 5.74) is 0. The van der Waals surface area contributed by atoms with Crippen molar-refractivity contribution in [3.8, 4) is 0 Å². The van der Waals surface area contributed by atoms with Crippen LogP contribution >= 0.6 is 11.8 Å². The van der Waals surface area contributed by atoms with E-state index in [9.17, 15) is 48.9 Å². The normalized spacial score (nSPS) is 13.0. The Kier molecular flexibility index (Phi) is 66.9. The Morgan fingerprint density at radius 1 is 0.309 bits per heavy atom. The quantitative estimate of drug-likeness (QED) is 0.0189. The highest BCUT2D eigenvalue weighted by molar-refractivity contribution is 7.99. The van der Waals surface area contributed by atoms with Gasteiger partial charge in [0.2, 0.25) is 17.7 Å². The average molecular weight is 1350 g/mol. The van der Waals surface area contributed by atoms with E-state index >= 15 is 0 Å². The molecule has 0 rings (SSSR count). The Balaban J connectivity index is 6.41. The van der Waals surface area contributed by atoms with Gasteiger partial charge in [-0.2, -0.15) is 11.8 Å². The second kappa shape index (κ2) is 69.5. The first-order valence-corrected chi connectivity index (χ1v) is 40.5. The average Bonchev–Trinajstić information content (AvgIpc) is 1.59. The Bertz CT molecular complexity index is 1790. The van der Waals surface area contributed by atoms with Crippen LogP contribution in [0.3, 0.4) is 0 Å². The van der Waals surface area contributed by atoms with Gasteiger partial charge in [0.15, 0.2) is 12.2 Å². The molecular weight excluding hydrogens is 1210 g/mol. The predicted octanol–water partition coefficient (Wildman–Crippen LogP) is 18.5. The number of hydrogen-bond donors (Lipinski definition) is 6. The summed E-state index contributed by atoms with van der Waals surface area (Å²) < 4.78 is 18.3. The lowest BCUT2D eigenvalue weighted by Gasteiger charge is -2.28. The first-order valence-electron chi connectivity index (χ1n) is 39.3. The summed E-state index contributed by atoms with van der Waals surface area (Å²) in [5.74, 6) is -5.39. The number of carboxylic acids is 1. The minimum Gasteiger partial charge on any atom is -0.480 e. The van der Waals surface area contributed by atoms with Crippen molar-refractivity contribution in [2.75, 3.05) is 31.3 Å². The van der Waals surface area contributed by atoms with Gasteiger partial charge in [0, 0.05) is 37.2 Å². The maximum absolute atomic E-state index is 14.1. The molecule has 0 aliphatic carbocycles. The van der Waals surface area contributed by atoms with Gasteiger partial charge in [-0.25, -0.2) is 4.79 Å². The molecule has 3 amide bonds. The molecule has 0 aliphatic heterocycles. The summed E-state index contributed by atoms with van der Waals surface area (Å²) >= 11 is 1.14. The lowest BCUT2D eigenvalue weighted by molar-refractivity contribution is -0.174. The molecule has 0 fully saturated rings. The zero-order valence-corrected chi connectivity index (χ0v) is 61.7. The fraction of sp³-hybridized carbons (Fsp3) is 0.909. The van der Waals surface area contributed by atoms with Crippen LogP contribution < -0.4 is 16.0 Å². The van der Waals surface area contributed by atoms with E-state index in [1.54, 1.807) is 0 Å². The molecule has 0 heterocycles. The van der Waals surface area contributed by atoms with Crippen LogP contribution in [0.15, 0.2) is 0 Å². The van der Waals surface area contributed by atoms with E-state index in [-0.39, 0.29) is 43.8 Å². The number of nitrogens with one attached hydrogen (secondary N) is 3. The van der Waals surface area contributed by atoms with Gasteiger partial charge < -0.3 is 45.5 Å². The number of esters is 3. The zero-order valence-electron chi connectivity index (χ0n) is 60.9. The van der Waals surface area contributed by atoms with Crippen LogP contribution in [0.2, 0.25) is 0 Å². The molecule has 0 spiro atoms. The van der Waals surface area contributed by atoms with Crippen LogP contribution in [0.1, 0.15) is 387 Å². The molecule has 0 aromatic heterocycles. The Hall–Kier alpha value is -3.44. The number of hydrogen-bond acceptors (Lipinski definition) is 13. The van der Waals surface area contributed by atoms with E-state index in [0.717, 1.165) is 108 Å². The summed E-state index contributed by atoms with van der Waals surface area (Å²) in [6.07, 6.45) is 58.1. The molecule has 5 atom stereocenters. The van der Waals surface area contributed by atoms with Crippen molar-refractivity contribution in [1.82, 2.24) is 16.0 Å². The molecule has 0 aromatic rings. The Morgan fingerprint density at radius 2 is 0.574 bits per heavy atom. The Morgan fingerprint density at radius 3 is 0.883 bits per heavy atom. The number of aliphatic hydroxyl groups is 2. The van der Waals surface area contributed by atoms with Crippen LogP contribution in [0.4, 0.5) is 0 Å². The highest BCUT2D eigenvalue weighted by atomic mass is 32.2. The number of rotatable bonds is 73. The molecule has 17 heteroatoms. The van der Waals surface area contributed by atoms with Gasteiger partial charge in [0.25, 0.3) is 0 Å². The molecule has 16 nitrogen and oxygen atoms in total. The zero-order chi connectivity index (χ0) is 69.0. The SMILES string of the molecule is CCCCCCCCCCCCCCCC(=O)N[C@@H](CSC[C@H](OC(=O)CCCCCCCCCCCCCCC)[C@@H](COC(=O)CCCCCCCCCCCCCCC)OC(=O)CCCCCCCCCCCCCCC)C(=O)N[C@@H](CO)C(=O)N[C@@H](CO)C(=O)O. The molecule has 0 bridgehead atoms. The fourth-order valence-electron chi connectivity index (χ4n) is 12.0. The lowest BCUT2D eigenvalue weighted by Crippen LogP contribution is -2.58. The van der Waals surface area contributed by atoms with Crippen LogP contribution in [0.25, 0.3) is 0 Å². The largest absolute Gasteiger partial charge is 0.480 e. The van der Waals surface area contributed by atoms with Crippen LogP contribution in [-0.2, 0) is 47.8 Å². The van der Waals surface area contributed by atoms with Gasteiger partial charge in [0.1, 0.15) is 24.7 Å². The van der Waals surface area contributed by atoms with Gasteiger partial charge in [-0.05, 0) is 25.7 Å². The molecule has 0 radical (unpaired) electrons. The van der Waals surface area contributed by atoms with Gasteiger partial charge >= 0.3 is 23.9 Å². The van der Waals surface area contributed by atoms with E-state index in [0.29, 0.717) is 25.7 Å². The van der Waals surface area contributed by atoms with Crippen molar-refractivity contribution in [2.45, 2.75) is 418 Å². The topological polar surface area (TPSA) is 244 Å². The predicted molar refractivity (Wildman–Crippen MR) is 387 cm³/mol. The van der Waals surface area contributed by atoms with E-state index in [1.165, 1.54) is 212 Å². The number of carbonyl (C=O) groups excluding carboxylic acids is 6. The number of carboxylic acid groups (broad SMARTS) is 1. The van der Waals surface area contributed by atoms with E-state index in [4.69, 9.17) is 14.2 Å². The smallest absolute Gasteiger partial charge is 0.328 e. The summed E-state index contributed by atoms with van der Waals surface area (Å²) in [5, 5.41) is 36.7. The third kappa shape index (κ3) is 58.7. The van der Waals surface area contributed by atoms with Crippen molar-refractivity contribution >= 4 is 53.4 Å². The second-order valence-corrected chi connectivity index (χ2v) is 28.3. The van der Waals surface area contributed by atoms with Crippen molar-refractivity contribution in [1.29, 1.82) is 0 Å². The summed E-state index contributed by atoms with van der Waals surface area (Å²) in [6, 6.07) is -4.60. The molecule has 0 aromatic carbocycles. The number of thioether (sulfide) groups is 1. The third-order valence-corrected chi connectivity index (χ3v) is 19.3. The van der Waals surface area contributed by atoms with Gasteiger partial charge in [-0.1, -0.05) is 336 Å². The molecule has 0 saturated heterocycles. The first-order chi connectivity index (χ1) is 45.9. The van der Waals surface area contributed by atoms with Gasteiger partial charge in [0.05, 0.1) is 13.2 Å². The standard InChI is InChI=1S/C77H145N3O13S/c1-5-9-13-17-21-25-29-33-37-41-45-49-53-57-71(83)78-68(76(88)79-66(61-81)75(87)80-67(62-82)77(89)90)64-94-65-70(93-74(86)60-56-52-48-44-40-36-32-28-24-20-16-12-8-4)69(92-73(85)59-55-51-47-43-39-35-31-27-23-19-15-11-7-3)63-91-72(84)58-54-50-46-42-38-34-30-26-22-18-14-10-6-2/h66-70,81-82H,5-65H2,1-4H3,(H,78,83)(H,79,88)(H,80,87)(H,89,90)/t66-,67-,68-,69+,70-/m0/s1. The maximum atomic E-state index is 14.1. The van der Waals surface area contributed by atoms with E-state index in [2.05, 4.69) is 43.6 Å². The maximum Gasteiger partial charge on any atom is 0.328 e. The number of carbonyl (C=O) groups is 7. The second-order valence-electron chi connectivity index (χ2n) is 27.2. The molecular formula is C77H145N3O13S. The van der Waals surface area contributed by atoms with Crippen LogP contribution in [0, 0.1) is 0 Å². The first kappa shape index (κ1) is 90.6. The number of aliphatic hydroxyl groups excluding tert-OH is 2. The summed E-state index contributed by atoms with van der Waals surface area (Å²) in [6.45, 7) is 6.75. The summed E-state index contributed by atoms with van der Waals surface area (Å²) in [7, 11) is 0. The third-order valence-electron chi connectivity index (χ3n) is 18.2. The monoisotopic (exact) mass is 1350 g/mol. The minimum atomic E-state index is -1.69. The number of amides is 3. The lowest BCUT2D eigenvalue weighted by atomic mass is 10.0. The van der Waals surface area contributed by atoms with E-state index < -0.39 is 85.1 Å². The number of ether oxygens (including phenoxy) is 3. The van der Waals surface area contributed by atoms with Crippen molar-refractivity contribution in [2.24, 2.45) is 0 Å². The highest BCUT2D eigenvalue weighted by Crippen LogP contribution is 2.22. The molecule has 94 heavy (non-hydrogen) atoms. The molecule has 0 saturated carbocycles. The number of unbranched alkanes of at least 4 members (excludes halogenated alkanes) is 48. The van der Waals surface area contributed by atoms with Crippen molar-refractivity contribution in [3.63, 3.8) is 0 Å². The molecule has 552 valence electrons. The number of aliphatic carboxylic acids is 1.